The standard InChI is InChI=1S/C25H32N2O6/c1-6-32-25(30)22-15(2)21(16(3)26-22)23(28)17(4)27(14-20-11-8-12-33-20)24(29)18-9-7-10-19(13-18)31-5/h7,9-10,13,17,20,26H,6,8,11-12,14H2,1-5H3. The smallest absolute Gasteiger partial charge is 0.355 e. The van der Waals surface area contributed by atoms with Gasteiger partial charge in [-0.1, -0.05) is 6.07 Å². The summed E-state index contributed by atoms with van der Waals surface area (Å²) in [6.07, 6.45) is 1.63. The normalized spacial score (nSPS) is 16.3. The maximum atomic E-state index is 13.6. The molecule has 1 saturated heterocycles. The quantitative estimate of drug-likeness (QED) is 0.456. The second-order valence-electron chi connectivity index (χ2n) is 8.21. The van der Waals surface area contributed by atoms with E-state index in [9.17, 15) is 14.4 Å². The molecule has 0 aliphatic carbocycles. The maximum Gasteiger partial charge on any atom is 0.355 e. The third-order valence-corrected chi connectivity index (χ3v) is 6.01. The van der Waals surface area contributed by atoms with Crippen LogP contribution < -0.4 is 4.74 Å². The molecule has 1 aliphatic heterocycles. The van der Waals surface area contributed by atoms with Gasteiger partial charge in [0.1, 0.15) is 11.4 Å². The highest BCUT2D eigenvalue weighted by Crippen LogP contribution is 2.25. The number of esters is 1. The van der Waals surface area contributed by atoms with E-state index < -0.39 is 12.0 Å². The van der Waals surface area contributed by atoms with Crippen molar-refractivity contribution in [3.63, 3.8) is 0 Å². The fourth-order valence-corrected chi connectivity index (χ4v) is 4.22. The van der Waals surface area contributed by atoms with Crippen molar-refractivity contribution in [3.05, 3.63) is 52.3 Å². The van der Waals surface area contributed by atoms with E-state index in [2.05, 4.69) is 4.98 Å². The molecular formula is C25H32N2O6. The average molecular weight is 457 g/mol. The number of carbonyl (C=O) groups excluding carboxylic acids is 3. The summed E-state index contributed by atoms with van der Waals surface area (Å²) < 4.78 is 16.1. The molecule has 2 atom stereocenters. The molecule has 1 amide bonds. The number of hydrogen-bond donors (Lipinski definition) is 1. The molecule has 1 aromatic carbocycles. The van der Waals surface area contributed by atoms with E-state index in [1.165, 1.54) is 0 Å². The zero-order valence-electron chi connectivity index (χ0n) is 19.9. The number of aromatic amines is 1. The number of rotatable bonds is 9. The summed E-state index contributed by atoms with van der Waals surface area (Å²) in [6.45, 7) is 8.08. The molecular weight excluding hydrogens is 424 g/mol. The van der Waals surface area contributed by atoms with Crippen LogP contribution in [0.25, 0.3) is 0 Å². The molecule has 3 rings (SSSR count). The van der Waals surface area contributed by atoms with Gasteiger partial charge in [0.25, 0.3) is 5.91 Å². The molecule has 2 heterocycles. The highest BCUT2D eigenvalue weighted by Gasteiger charge is 2.34. The van der Waals surface area contributed by atoms with E-state index in [0.29, 0.717) is 41.3 Å². The molecule has 178 valence electrons. The zero-order valence-corrected chi connectivity index (χ0v) is 19.9. The molecule has 0 bridgehead atoms. The Morgan fingerprint density at radius 2 is 2.03 bits per heavy atom. The number of aryl methyl sites for hydroxylation is 1. The number of carbonyl (C=O) groups is 3. The number of amides is 1. The highest BCUT2D eigenvalue weighted by atomic mass is 16.5. The van der Waals surface area contributed by atoms with Crippen LogP contribution in [-0.4, -0.2) is 66.6 Å². The first kappa shape index (κ1) is 24.5. The number of benzene rings is 1. The Labute approximate surface area is 194 Å². The van der Waals surface area contributed by atoms with Gasteiger partial charge in [0.05, 0.1) is 25.9 Å². The van der Waals surface area contributed by atoms with Crippen molar-refractivity contribution in [2.24, 2.45) is 0 Å². The third-order valence-electron chi connectivity index (χ3n) is 6.01. The van der Waals surface area contributed by atoms with E-state index in [1.54, 1.807) is 64.0 Å². The number of ether oxygens (including phenoxy) is 3. The molecule has 8 nitrogen and oxygen atoms in total. The summed E-state index contributed by atoms with van der Waals surface area (Å²) in [6, 6.07) is 6.11. The van der Waals surface area contributed by atoms with Crippen molar-refractivity contribution in [1.29, 1.82) is 0 Å². The molecule has 2 aromatic rings. The van der Waals surface area contributed by atoms with Crippen LogP contribution in [0, 0.1) is 13.8 Å². The number of H-pyrrole nitrogens is 1. The van der Waals surface area contributed by atoms with Gasteiger partial charge in [0, 0.05) is 30.0 Å². The minimum atomic E-state index is -0.767. The lowest BCUT2D eigenvalue weighted by molar-refractivity contribution is 0.0410. The summed E-state index contributed by atoms with van der Waals surface area (Å²) in [4.78, 5) is 44.0. The van der Waals surface area contributed by atoms with Crippen LogP contribution in [0.15, 0.2) is 24.3 Å². The first-order valence-corrected chi connectivity index (χ1v) is 11.3. The number of hydrogen-bond acceptors (Lipinski definition) is 6. The predicted octanol–water partition coefficient (Wildman–Crippen LogP) is 3.71. The SMILES string of the molecule is CCOC(=O)c1[nH]c(C)c(C(=O)C(C)N(CC2CCCO2)C(=O)c2cccc(OC)c2)c1C. The maximum absolute atomic E-state index is 13.6. The first-order chi connectivity index (χ1) is 15.8. The molecule has 0 spiro atoms. The van der Waals surface area contributed by atoms with Gasteiger partial charge in [-0.05, 0) is 64.3 Å². The summed E-state index contributed by atoms with van der Waals surface area (Å²) in [5, 5.41) is 0. The Kier molecular flexibility index (Phi) is 7.92. The van der Waals surface area contributed by atoms with Crippen molar-refractivity contribution in [3.8, 4) is 5.75 Å². The van der Waals surface area contributed by atoms with Crippen molar-refractivity contribution < 1.29 is 28.6 Å². The molecule has 0 radical (unpaired) electrons. The Morgan fingerprint density at radius 1 is 1.27 bits per heavy atom. The molecule has 1 aromatic heterocycles. The number of nitrogens with zero attached hydrogens (tertiary/aromatic N) is 1. The van der Waals surface area contributed by atoms with Gasteiger partial charge in [-0.25, -0.2) is 4.79 Å². The number of methoxy groups -OCH3 is 1. The Balaban J connectivity index is 1.94. The number of nitrogens with one attached hydrogen (secondary N) is 1. The molecule has 8 heteroatoms. The summed E-state index contributed by atoms with van der Waals surface area (Å²) >= 11 is 0. The van der Waals surface area contributed by atoms with Crippen LogP contribution in [-0.2, 0) is 9.47 Å². The summed E-state index contributed by atoms with van der Waals surface area (Å²) in [7, 11) is 1.54. The lowest BCUT2D eigenvalue weighted by atomic mass is 9.98. The van der Waals surface area contributed by atoms with E-state index in [0.717, 1.165) is 12.8 Å². The Hall–Kier alpha value is -3.13. The van der Waals surface area contributed by atoms with Gasteiger partial charge in [-0.15, -0.1) is 0 Å². The third kappa shape index (κ3) is 5.27. The molecule has 1 N–H and O–H groups in total. The topological polar surface area (TPSA) is 97.9 Å². The Morgan fingerprint density at radius 3 is 2.67 bits per heavy atom. The fourth-order valence-electron chi connectivity index (χ4n) is 4.22. The van der Waals surface area contributed by atoms with E-state index in [1.807, 2.05) is 0 Å². The van der Waals surface area contributed by atoms with Gasteiger partial charge >= 0.3 is 5.97 Å². The van der Waals surface area contributed by atoms with Gasteiger partial charge in [-0.2, -0.15) is 0 Å². The lowest BCUT2D eigenvalue weighted by Crippen LogP contribution is -2.47. The first-order valence-electron chi connectivity index (χ1n) is 11.3. The largest absolute Gasteiger partial charge is 0.497 e. The van der Waals surface area contributed by atoms with Crippen LogP contribution in [0.4, 0.5) is 0 Å². The van der Waals surface area contributed by atoms with Crippen LogP contribution in [0.1, 0.15) is 69.2 Å². The fraction of sp³-hybridized carbons (Fsp3) is 0.480. The molecule has 33 heavy (non-hydrogen) atoms. The minimum Gasteiger partial charge on any atom is -0.497 e. The number of Topliss-reactive ketones (excluding diaryl/α,β-unsaturated/α-hetero) is 1. The van der Waals surface area contributed by atoms with Crippen molar-refractivity contribution in [1.82, 2.24) is 9.88 Å². The predicted molar refractivity (Wildman–Crippen MR) is 123 cm³/mol. The average Bonchev–Trinajstić information content (AvgIpc) is 3.43. The van der Waals surface area contributed by atoms with Crippen molar-refractivity contribution in [2.75, 3.05) is 26.9 Å². The van der Waals surface area contributed by atoms with Crippen molar-refractivity contribution >= 4 is 17.7 Å². The van der Waals surface area contributed by atoms with Gasteiger partial charge in [0.15, 0.2) is 5.78 Å². The minimum absolute atomic E-state index is 0.127. The second-order valence-corrected chi connectivity index (χ2v) is 8.21. The number of aromatic nitrogens is 1. The van der Waals surface area contributed by atoms with Gasteiger partial charge in [-0.3, -0.25) is 9.59 Å². The van der Waals surface area contributed by atoms with E-state index >= 15 is 0 Å². The van der Waals surface area contributed by atoms with Crippen LogP contribution in [0.3, 0.4) is 0 Å². The zero-order chi connectivity index (χ0) is 24.1. The van der Waals surface area contributed by atoms with Gasteiger partial charge in [0.2, 0.25) is 0 Å². The van der Waals surface area contributed by atoms with Crippen LogP contribution in [0.5, 0.6) is 5.75 Å². The summed E-state index contributed by atoms with van der Waals surface area (Å²) in [5.74, 6) is -0.463. The van der Waals surface area contributed by atoms with Crippen LogP contribution in [0.2, 0.25) is 0 Å². The molecule has 1 fully saturated rings. The number of ketones is 1. The molecule has 2 unspecified atom stereocenters. The van der Waals surface area contributed by atoms with Crippen LogP contribution >= 0.6 is 0 Å². The molecule has 1 aliphatic rings. The summed E-state index contributed by atoms with van der Waals surface area (Å²) in [5.41, 5.74) is 2.18. The lowest BCUT2D eigenvalue weighted by Gasteiger charge is -2.31. The Bertz CT molecular complexity index is 1020. The van der Waals surface area contributed by atoms with Gasteiger partial charge < -0.3 is 24.1 Å². The molecule has 0 saturated carbocycles. The highest BCUT2D eigenvalue weighted by molar-refractivity contribution is 6.07. The monoisotopic (exact) mass is 456 g/mol. The van der Waals surface area contributed by atoms with E-state index in [4.69, 9.17) is 14.2 Å². The van der Waals surface area contributed by atoms with E-state index in [-0.39, 0.29) is 30.1 Å². The second kappa shape index (κ2) is 10.7. The van der Waals surface area contributed by atoms with Crippen molar-refractivity contribution in [2.45, 2.75) is 52.7 Å².